The zero-order valence-electron chi connectivity index (χ0n) is 14.4. The van der Waals surface area contributed by atoms with Gasteiger partial charge in [0.25, 0.3) is 5.91 Å². The Bertz CT molecular complexity index is 786. The van der Waals surface area contributed by atoms with E-state index in [2.05, 4.69) is 25.5 Å². The Hall–Kier alpha value is -2.87. The molecule has 0 bridgehead atoms. The van der Waals surface area contributed by atoms with Crippen molar-refractivity contribution in [3.63, 3.8) is 0 Å². The van der Waals surface area contributed by atoms with Gasteiger partial charge in [0.2, 0.25) is 5.91 Å². The second-order valence-electron chi connectivity index (χ2n) is 6.19. The van der Waals surface area contributed by atoms with E-state index in [1.54, 1.807) is 19.4 Å². The first kappa shape index (κ1) is 17.9. The maximum Gasteiger partial charge on any atom is 0.273 e. The van der Waals surface area contributed by atoms with Crippen LogP contribution in [0.1, 0.15) is 16.1 Å². The molecule has 26 heavy (non-hydrogen) atoms. The third-order valence-corrected chi connectivity index (χ3v) is 4.40. The maximum absolute atomic E-state index is 13.8. The molecule has 2 amide bonds. The van der Waals surface area contributed by atoms with Crippen molar-refractivity contribution < 1.29 is 14.0 Å². The van der Waals surface area contributed by atoms with E-state index in [4.69, 9.17) is 0 Å². The van der Waals surface area contributed by atoms with Crippen LogP contribution in [-0.2, 0) is 11.3 Å². The molecule has 1 saturated heterocycles. The van der Waals surface area contributed by atoms with Gasteiger partial charge in [-0.2, -0.15) is 0 Å². The summed E-state index contributed by atoms with van der Waals surface area (Å²) in [6.45, 7) is 1.59. The highest BCUT2D eigenvalue weighted by Crippen LogP contribution is 2.20. The molecule has 2 aromatic heterocycles. The van der Waals surface area contributed by atoms with E-state index >= 15 is 0 Å². The van der Waals surface area contributed by atoms with E-state index < -0.39 is 23.7 Å². The van der Waals surface area contributed by atoms with Gasteiger partial charge in [0.15, 0.2) is 11.5 Å². The SMILES string of the molecule is CNC(=O)[C@H]1CN(Cc2cccnc2)C[C@@H]1NC(=O)c1ncccc1F. The number of nitrogens with one attached hydrogen (secondary N) is 2. The molecule has 0 radical (unpaired) electrons. The summed E-state index contributed by atoms with van der Waals surface area (Å²) >= 11 is 0. The Balaban J connectivity index is 1.72. The molecule has 1 fully saturated rings. The Morgan fingerprint density at radius 1 is 1.27 bits per heavy atom. The van der Waals surface area contributed by atoms with Crippen molar-refractivity contribution in [2.45, 2.75) is 12.6 Å². The van der Waals surface area contributed by atoms with E-state index in [-0.39, 0.29) is 11.6 Å². The number of hydrogen-bond acceptors (Lipinski definition) is 5. The van der Waals surface area contributed by atoms with E-state index in [9.17, 15) is 14.0 Å². The van der Waals surface area contributed by atoms with Gasteiger partial charge >= 0.3 is 0 Å². The van der Waals surface area contributed by atoms with Crippen LogP contribution in [0, 0.1) is 11.7 Å². The molecule has 0 spiro atoms. The quantitative estimate of drug-likeness (QED) is 0.818. The number of amides is 2. The standard InChI is InChI=1S/C18H20FN5O2/c1-20-17(25)13-10-24(9-12-4-2-6-21-8-12)11-15(13)23-18(26)16-14(19)5-3-7-22-16/h2-8,13,15H,9-11H2,1H3,(H,20,25)(H,23,26)/t13-,15-/m0/s1. The Labute approximate surface area is 150 Å². The minimum atomic E-state index is -0.688. The molecular weight excluding hydrogens is 337 g/mol. The summed E-state index contributed by atoms with van der Waals surface area (Å²) in [5.74, 6) is -1.89. The number of nitrogens with zero attached hydrogens (tertiary/aromatic N) is 3. The minimum Gasteiger partial charge on any atom is -0.359 e. The molecule has 0 saturated carbocycles. The molecular formula is C18H20FN5O2. The van der Waals surface area contributed by atoms with Gasteiger partial charge in [-0.1, -0.05) is 6.07 Å². The maximum atomic E-state index is 13.8. The highest BCUT2D eigenvalue weighted by molar-refractivity contribution is 5.93. The Morgan fingerprint density at radius 2 is 2.08 bits per heavy atom. The van der Waals surface area contributed by atoms with Gasteiger partial charge in [0.05, 0.1) is 12.0 Å². The van der Waals surface area contributed by atoms with Crippen molar-refractivity contribution in [3.8, 4) is 0 Å². The zero-order chi connectivity index (χ0) is 18.5. The number of likely N-dealkylation sites (tertiary alicyclic amines) is 1. The number of carbonyl (C=O) groups is 2. The molecule has 2 N–H and O–H groups in total. The number of aromatic nitrogens is 2. The van der Waals surface area contributed by atoms with Crippen LogP contribution in [-0.4, -0.2) is 52.9 Å². The molecule has 3 heterocycles. The first-order chi connectivity index (χ1) is 12.6. The molecule has 3 rings (SSSR count). The second kappa shape index (κ2) is 8.01. The molecule has 136 valence electrons. The van der Waals surface area contributed by atoms with Crippen LogP contribution in [0.25, 0.3) is 0 Å². The summed E-state index contributed by atoms with van der Waals surface area (Å²) in [4.78, 5) is 34.5. The van der Waals surface area contributed by atoms with Gasteiger partial charge in [-0.05, 0) is 23.8 Å². The van der Waals surface area contributed by atoms with Gasteiger partial charge in [-0.15, -0.1) is 0 Å². The van der Waals surface area contributed by atoms with Crippen LogP contribution in [0.15, 0.2) is 42.9 Å². The predicted octanol–water partition coefficient (Wildman–Crippen LogP) is 0.592. The molecule has 8 heteroatoms. The van der Waals surface area contributed by atoms with Gasteiger partial charge in [-0.25, -0.2) is 9.37 Å². The fourth-order valence-electron chi connectivity index (χ4n) is 3.15. The number of halogens is 1. The number of hydrogen-bond donors (Lipinski definition) is 2. The van der Waals surface area contributed by atoms with E-state index in [0.29, 0.717) is 19.6 Å². The van der Waals surface area contributed by atoms with Crippen molar-refractivity contribution in [1.29, 1.82) is 0 Å². The van der Waals surface area contributed by atoms with E-state index in [1.807, 2.05) is 12.1 Å². The largest absolute Gasteiger partial charge is 0.359 e. The average molecular weight is 357 g/mol. The third kappa shape index (κ3) is 4.02. The summed E-state index contributed by atoms with van der Waals surface area (Å²) in [5, 5.41) is 5.38. The van der Waals surface area contributed by atoms with Gasteiger partial charge in [0.1, 0.15) is 0 Å². The highest BCUT2D eigenvalue weighted by Gasteiger charge is 2.38. The molecule has 0 unspecified atom stereocenters. The second-order valence-corrected chi connectivity index (χ2v) is 6.19. The fourth-order valence-corrected chi connectivity index (χ4v) is 3.15. The van der Waals surface area contributed by atoms with Crippen LogP contribution in [0.2, 0.25) is 0 Å². The van der Waals surface area contributed by atoms with Crippen LogP contribution in [0.5, 0.6) is 0 Å². The number of carbonyl (C=O) groups excluding carboxylic acids is 2. The smallest absolute Gasteiger partial charge is 0.273 e. The summed E-state index contributed by atoms with van der Waals surface area (Å²) in [5.41, 5.74) is 0.750. The lowest BCUT2D eigenvalue weighted by molar-refractivity contribution is -0.124. The first-order valence-corrected chi connectivity index (χ1v) is 8.32. The van der Waals surface area contributed by atoms with Crippen LogP contribution < -0.4 is 10.6 Å². The average Bonchev–Trinajstić information content (AvgIpc) is 3.04. The van der Waals surface area contributed by atoms with Crippen LogP contribution in [0.3, 0.4) is 0 Å². The normalized spacial score (nSPS) is 19.9. The molecule has 7 nitrogen and oxygen atoms in total. The lowest BCUT2D eigenvalue weighted by Gasteiger charge is -2.18. The number of rotatable bonds is 5. The van der Waals surface area contributed by atoms with Gasteiger partial charge in [-0.3, -0.25) is 19.5 Å². The lowest BCUT2D eigenvalue weighted by Crippen LogP contribution is -2.46. The fraction of sp³-hybridized carbons (Fsp3) is 0.333. The monoisotopic (exact) mass is 357 g/mol. The zero-order valence-corrected chi connectivity index (χ0v) is 14.4. The molecule has 2 aromatic rings. The predicted molar refractivity (Wildman–Crippen MR) is 92.5 cm³/mol. The summed E-state index contributed by atoms with van der Waals surface area (Å²) in [6, 6.07) is 5.98. The van der Waals surface area contributed by atoms with Crippen molar-refractivity contribution in [2.24, 2.45) is 5.92 Å². The summed E-state index contributed by atoms with van der Waals surface area (Å²) in [7, 11) is 1.56. The van der Waals surface area contributed by atoms with E-state index in [0.717, 1.165) is 5.56 Å². The third-order valence-electron chi connectivity index (χ3n) is 4.40. The topological polar surface area (TPSA) is 87.2 Å². The highest BCUT2D eigenvalue weighted by atomic mass is 19.1. The van der Waals surface area contributed by atoms with Crippen LogP contribution >= 0.6 is 0 Å². The molecule has 1 aliphatic rings. The van der Waals surface area contributed by atoms with Gasteiger partial charge in [0, 0.05) is 45.3 Å². The van der Waals surface area contributed by atoms with Crippen molar-refractivity contribution >= 4 is 11.8 Å². The molecule has 0 aliphatic carbocycles. The lowest BCUT2D eigenvalue weighted by atomic mass is 10.0. The Kier molecular flexibility index (Phi) is 5.52. The van der Waals surface area contributed by atoms with Crippen LogP contribution in [0.4, 0.5) is 4.39 Å². The van der Waals surface area contributed by atoms with E-state index in [1.165, 1.54) is 18.3 Å². The summed E-state index contributed by atoms with van der Waals surface area (Å²) < 4.78 is 13.8. The van der Waals surface area contributed by atoms with Crippen molar-refractivity contribution in [3.05, 3.63) is 59.9 Å². The van der Waals surface area contributed by atoms with Crippen molar-refractivity contribution in [1.82, 2.24) is 25.5 Å². The molecule has 1 aliphatic heterocycles. The summed E-state index contributed by atoms with van der Waals surface area (Å²) in [6.07, 6.45) is 4.83. The van der Waals surface area contributed by atoms with Gasteiger partial charge < -0.3 is 10.6 Å². The first-order valence-electron chi connectivity index (χ1n) is 8.32. The molecule has 2 atom stereocenters. The Morgan fingerprint density at radius 3 is 2.77 bits per heavy atom. The minimum absolute atomic E-state index is 0.162. The number of pyridine rings is 2. The molecule has 0 aromatic carbocycles. The van der Waals surface area contributed by atoms with Crippen molar-refractivity contribution in [2.75, 3.05) is 20.1 Å².